The van der Waals surface area contributed by atoms with Crippen molar-refractivity contribution in [3.05, 3.63) is 24.0 Å². The summed E-state index contributed by atoms with van der Waals surface area (Å²) in [6, 6.07) is 4.08. The summed E-state index contributed by atoms with van der Waals surface area (Å²) in [5, 5.41) is 3.34. The first-order valence-electron chi connectivity index (χ1n) is 6.09. The van der Waals surface area contributed by atoms with Crippen LogP contribution in [0, 0.1) is 0 Å². The molecule has 0 aliphatic carbocycles. The Balaban J connectivity index is 1.93. The van der Waals surface area contributed by atoms with Gasteiger partial charge in [0.05, 0.1) is 6.20 Å². The van der Waals surface area contributed by atoms with Gasteiger partial charge in [0.2, 0.25) is 0 Å². The molecule has 1 aliphatic rings. The van der Waals surface area contributed by atoms with E-state index in [-0.39, 0.29) is 0 Å². The summed E-state index contributed by atoms with van der Waals surface area (Å²) in [5.41, 5.74) is 1.12. The first-order valence-corrected chi connectivity index (χ1v) is 6.09. The Kier molecular flexibility index (Phi) is 3.78. The molecule has 2 heterocycles. The van der Waals surface area contributed by atoms with Crippen LogP contribution in [0.25, 0.3) is 0 Å². The van der Waals surface area contributed by atoms with Crippen molar-refractivity contribution in [2.24, 2.45) is 0 Å². The Bertz CT molecular complexity index is 315. The standard InChI is InChI=1S/C13H20N2O/c1-10(2)13-6-5-12(9-15-13)16-11-4-3-7-14-8-11/h5-6,9-11,14H,3-4,7-8H2,1-2H3/t11-/m0/s1. The van der Waals surface area contributed by atoms with Gasteiger partial charge in [-0.2, -0.15) is 0 Å². The SMILES string of the molecule is CC(C)c1ccc(O[C@H]2CCCNC2)cn1. The molecule has 1 aromatic rings. The summed E-state index contributed by atoms with van der Waals surface area (Å²) >= 11 is 0. The van der Waals surface area contributed by atoms with Gasteiger partial charge in [-0.25, -0.2) is 0 Å². The molecule has 3 heteroatoms. The van der Waals surface area contributed by atoms with Crippen molar-refractivity contribution >= 4 is 0 Å². The van der Waals surface area contributed by atoms with Gasteiger partial charge in [0.25, 0.3) is 0 Å². The lowest BCUT2D eigenvalue weighted by Crippen LogP contribution is -2.37. The number of piperidine rings is 1. The highest BCUT2D eigenvalue weighted by molar-refractivity contribution is 5.21. The second-order valence-electron chi connectivity index (χ2n) is 4.66. The summed E-state index contributed by atoms with van der Waals surface area (Å²) < 4.78 is 5.87. The zero-order valence-corrected chi connectivity index (χ0v) is 10.1. The molecular formula is C13H20N2O. The van der Waals surface area contributed by atoms with Crippen LogP contribution in [0.2, 0.25) is 0 Å². The molecule has 2 rings (SSSR count). The molecule has 0 unspecified atom stereocenters. The van der Waals surface area contributed by atoms with E-state index < -0.39 is 0 Å². The van der Waals surface area contributed by atoms with E-state index in [4.69, 9.17) is 4.74 Å². The lowest BCUT2D eigenvalue weighted by Gasteiger charge is -2.23. The summed E-state index contributed by atoms with van der Waals surface area (Å²) in [4.78, 5) is 4.40. The zero-order chi connectivity index (χ0) is 11.4. The van der Waals surface area contributed by atoms with E-state index >= 15 is 0 Å². The molecule has 3 nitrogen and oxygen atoms in total. The highest BCUT2D eigenvalue weighted by Crippen LogP contribution is 2.18. The molecule has 88 valence electrons. The maximum absolute atomic E-state index is 5.87. The van der Waals surface area contributed by atoms with Gasteiger partial charge in [-0.3, -0.25) is 4.98 Å². The highest BCUT2D eigenvalue weighted by Gasteiger charge is 2.14. The van der Waals surface area contributed by atoms with Crippen molar-refractivity contribution < 1.29 is 4.74 Å². The Morgan fingerprint density at radius 3 is 2.88 bits per heavy atom. The van der Waals surface area contributed by atoms with Crippen molar-refractivity contribution in [3.8, 4) is 5.75 Å². The largest absolute Gasteiger partial charge is 0.487 e. The van der Waals surface area contributed by atoms with Crippen LogP contribution in [0.4, 0.5) is 0 Å². The molecule has 1 fully saturated rings. The van der Waals surface area contributed by atoms with Crippen molar-refractivity contribution in [1.82, 2.24) is 10.3 Å². The average Bonchev–Trinajstić information content (AvgIpc) is 2.31. The second-order valence-corrected chi connectivity index (χ2v) is 4.66. The Morgan fingerprint density at radius 2 is 2.31 bits per heavy atom. The van der Waals surface area contributed by atoms with Gasteiger partial charge < -0.3 is 10.1 Å². The summed E-state index contributed by atoms with van der Waals surface area (Å²) in [6.07, 6.45) is 4.48. The van der Waals surface area contributed by atoms with Gasteiger partial charge in [-0.15, -0.1) is 0 Å². The predicted molar refractivity (Wildman–Crippen MR) is 64.8 cm³/mol. The molecule has 16 heavy (non-hydrogen) atoms. The maximum Gasteiger partial charge on any atom is 0.138 e. The fourth-order valence-corrected chi connectivity index (χ4v) is 1.92. The molecule has 1 aromatic heterocycles. The fourth-order valence-electron chi connectivity index (χ4n) is 1.92. The molecule has 0 radical (unpaired) electrons. The first kappa shape index (κ1) is 11.4. The molecule has 0 amide bonds. The molecule has 1 saturated heterocycles. The molecule has 0 aromatic carbocycles. The van der Waals surface area contributed by atoms with Crippen LogP contribution in [0.5, 0.6) is 5.75 Å². The van der Waals surface area contributed by atoms with Crippen LogP contribution in [0.1, 0.15) is 38.3 Å². The normalized spacial score (nSPS) is 21.1. The first-order chi connectivity index (χ1) is 7.75. The van der Waals surface area contributed by atoms with Gasteiger partial charge in [-0.1, -0.05) is 13.8 Å². The number of pyridine rings is 1. The lowest BCUT2D eigenvalue weighted by molar-refractivity contribution is 0.166. The van der Waals surface area contributed by atoms with Gasteiger partial charge in [0.1, 0.15) is 11.9 Å². The Morgan fingerprint density at radius 1 is 1.44 bits per heavy atom. The minimum absolute atomic E-state index is 0.306. The van der Waals surface area contributed by atoms with Crippen molar-refractivity contribution in [2.45, 2.75) is 38.7 Å². The topological polar surface area (TPSA) is 34.1 Å². The van der Waals surface area contributed by atoms with E-state index in [1.807, 2.05) is 12.3 Å². The maximum atomic E-state index is 5.87. The lowest BCUT2D eigenvalue weighted by atomic mass is 10.1. The van der Waals surface area contributed by atoms with Gasteiger partial charge in [-0.05, 0) is 37.4 Å². The quantitative estimate of drug-likeness (QED) is 0.849. The van der Waals surface area contributed by atoms with Crippen LogP contribution >= 0.6 is 0 Å². The van der Waals surface area contributed by atoms with E-state index in [0.717, 1.165) is 31.0 Å². The molecule has 1 aliphatic heterocycles. The Hall–Kier alpha value is -1.09. The number of aromatic nitrogens is 1. The minimum atomic E-state index is 0.306. The number of ether oxygens (including phenoxy) is 1. The van der Waals surface area contributed by atoms with Gasteiger partial charge in [0, 0.05) is 12.2 Å². The molecular weight excluding hydrogens is 200 g/mol. The van der Waals surface area contributed by atoms with Crippen LogP contribution in [-0.2, 0) is 0 Å². The number of nitrogens with zero attached hydrogens (tertiary/aromatic N) is 1. The van der Waals surface area contributed by atoms with E-state index in [2.05, 4.69) is 30.2 Å². The van der Waals surface area contributed by atoms with Crippen molar-refractivity contribution in [3.63, 3.8) is 0 Å². The number of hydrogen-bond acceptors (Lipinski definition) is 3. The Labute approximate surface area is 97.2 Å². The number of rotatable bonds is 3. The predicted octanol–water partition coefficient (Wildman–Crippen LogP) is 2.34. The smallest absolute Gasteiger partial charge is 0.138 e. The van der Waals surface area contributed by atoms with E-state index in [1.165, 1.54) is 6.42 Å². The van der Waals surface area contributed by atoms with Crippen LogP contribution in [-0.4, -0.2) is 24.2 Å². The van der Waals surface area contributed by atoms with Gasteiger partial charge >= 0.3 is 0 Å². The van der Waals surface area contributed by atoms with E-state index in [1.54, 1.807) is 0 Å². The van der Waals surface area contributed by atoms with Crippen LogP contribution in [0.3, 0.4) is 0 Å². The van der Waals surface area contributed by atoms with Crippen molar-refractivity contribution in [1.29, 1.82) is 0 Å². The molecule has 1 atom stereocenters. The van der Waals surface area contributed by atoms with Gasteiger partial charge in [0.15, 0.2) is 0 Å². The number of hydrogen-bond donors (Lipinski definition) is 1. The summed E-state index contributed by atoms with van der Waals surface area (Å²) in [7, 11) is 0. The number of nitrogens with one attached hydrogen (secondary N) is 1. The van der Waals surface area contributed by atoms with E-state index in [0.29, 0.717) is 12.0 Å². The summed E-state index contributed by atoms with van der Waals surface area (Å²) in [5.74, 6) is 1.36. The summed E-state index contributed by atoms with van der Waals surface area (Å²) in [6.45, 7) is 6.36. The third kappa shape index (κ3) is 2.95. The highest BCUT2D eigenvalue weighted by atomic mass is 16.5. The molecule has 0 spiro atoms. The minimum Gasteiger partial charge on any atom is -0.487 e. The monoisotopic (exact) mass is 220 g/mol. The van der Waals surface area contributed by atoms with Crippen LogP contribution < -0.4 is 10.1 Å². The molecule has 1 N–H and O–H groups in total. The second kappa shape index (κ2) is 5.30. The van der Waals surface area contributed by atoms with Crippen molar-refractivity contribution in [2.75, 3.05) is 13.1 Å². The zero-order valence-electron chi connectivity index (χ0n) is 10.1. The average molecular weight is 220 g/mol. The third-order valence-corrected chi connectivity index (χ3v) is 2.91. The molecule has 0 saturated carbocycles. The van der Waals surface area contributed by atoms with Crippen LogP contribution in [0.15, 0.2) is 18.3 Å². The van der Waals surface area contributed by atoms with E-state index in [9.17, 15) is 0 Å². The molecule has 0 bridgehead atoms. The fraction of sp³-hybridized carbons (Fsp3) is 0.615. The third-order valence-electron chi connectivity index (χ3n) is 2.91.